The number of hydrazine groups is 1. The number of nitrogens with one attached hydrogen (secondary N) is 2. The van der Waals surface area contributed by atoms with Crippen LogP contribution in [0.15, 0.2) is 6.33 Å². The van der Waals surface area contributed by atoms with Gasteiger partial charge >= 0.3 is 0 Å². The van der Waals surface area contributed by atoms with Crippen LogP contribution in [0, 0.1) is 5.92 Å². The molecule has 0 spiro atoms. The first kappa shape index (κ1) is 17.7. The molecular weight excluding hydrogens is 264 g/mol. The van der Waals surface area contributed by atoms with Crippen molar-refractivity contribution in [1.29, 1.82) is 0 Å². The molecule has 0 fully saturated rings. The van der Waals surface area contributed by atoms with Crippen LogP contribution in [0.2, 0.25) is 0 Å². The highest BCUT2D eigenvalue weighted by atomic mass is 15.3. The summed E-state index contributed by atoms with van der Waals surface area (Å²) in [5.41, 5.74) is 3.71. The van der Waals surface area contributed by atoms with Crippen molar-refractivity contribution in [2.45, 2.75) is 46.1 Å². The van der Waals surface area contributed by atoms with Crippen molar-refractivity contribution in [3.8, 4) is 0 Å². The zero-order valence-electron chi connectivity index (χ0n) is 14.1. The molecule has 0 saturated heterocycles. The van der Waals surface area contributed by atoms with Crippen LogP contribution in [0.25, 0.3) is 0 Å². The summed E-state index contributed by atoms with van der Waals surface area (Å²) < 4.78 is 0. The molecule has 0 radical (unpaired) electrons. The van der Waals surface area contributed by atoms with E-state index in [-0.39, 0.29) is 0 Å². The normalized spacial score (nSPS) is 13.0. The standard InChI is InChI=1S/C15H30N6/c1-10(2)7-12(8-21(5)6)19-14-13(11(3)4)15(20-16)18-9-17-14/h9-12H,7-8,16H2,1-6H3,(H2,17,18,19,20). The number of rotatable bonds is 8. The minimum Gasteiger partial charge on any atom is -0.366 e. The molecule has 0 aliphatic heterocycles. The summed E-state index contributed by atoms with van der Waals surface area (Å²) in [6, 6.07) is 0.345. The largest absolute Gasteiger partial charge is 0.366 e. The summed E-state index contributed by atoms with van der Waals surface area (Å²) in [7, 11) is 4.18. The van der Waals surface area contributed by atoms with Crippen molar-refractivity contribution >= 4 is 11.6 Å². The fourth-order valence-electron chi connectivity index (χ4n) is 2.55. The highest BCUT2D eigenvalue weighted by Gasteiger charge is 2.18. The minimum absolute atomic E-state index is 0.291. The summed E-state index contributed by atoms with van der Waals surface area (Å²) in [6.07, 6.45) is 2.64. The molecule has 0 aliphatic carbocycles. The molecule has 0 aliphatic rings. The second kappa shape index (κ2) is 8.14. The topological polar surface area (TPSA) is 79.1 Å². The van der Waals surface area contributed by atoms with Gasteiger partial charge in [0.05, 0.1) is 0 Å². The summed E-state index contributed by atoms with van der Waals surface area (Å²) in [5, 5.41) is 3.58. The van der Waals surface area contributed by atoms with E-state index in [4.69, 9.17) is 5.84 Å². The van der Waals surface area contributed by atoms with Crippen LogP contribution in [-0.4, -0.2) is 41.5 Å². The lowest BCUT2D eigenvalue weighted by molar-refractivity contribution is 0.356. The molecule has 1 atom stereocenters. The van der Waals surface area contributed by atoms with E-state index in [9.17, 15) is 0 Å². The van der Waals surface area contributed by atoms with E-state index in [0.29, 0.717) is 23.7 Å². The van der Waals surface area contributed by atoms with Crippen LogP contribution in [0.4, 0.5) is 11.6 Å². The Hall–Kier alpha value is -1.40. The number of nitrogens with zero attached hydrogens (tertiary/aromatic N) is 3. The van der Waals surface area contributed by atoms with Gasteiger partial charge in [-0.25, -0.2) is 15.8 Å². The Labute approximate surface area is 128 Å². The number of hydrogen-bond donors (Lipinski definition) is 3. The fraction of sp³-hybridized carbons (Fsp3) is 0.733. The molecule has 1 unspecified atom stereocenters. The van der Waals surface area contributed by atoms with E-state index < -0.39 is 0 Å². The Balaban J connectivity index is 3.02. The third-order valence-corrected chi connectivity index (χ3v) is 3.28. The van der Waals surface area contributed by atoms with Gasteiger partial charge < -0.3 is 15.6 Å². The van der Waals surface area contributed by atoms with Gasteiger partial charge in [-0.1, -0.05) is 27.7 Å². The number of likely N-dealkylation sites (N-methyl/N-ethyl adjacent to an activating group) is 1. The van der Waals surface area contributed by atoms with Gasteiger partial charge in [0.15, 0.2) is 0 Å². The number of nitrogen functional groups attached to an aromatic ring is 1. The molecule has 1 aromatic heterocycles. The molecule has 1 heterocycles. The Bertz CT molecular complexity index is 420. The van der Waals surface area contributed by atoms with Crippen LogP contribution in [0.5, 0.6) is 0 Å². The lowest BCUT2D eigenvalue weighted by Crippen LogP contribution is -2.34. The predicted octanol–water partition coefficient (Wildman–Crippen LogP) is 2.27. The van der Waals surface area contributed by atoms with Crippen LogP contribution < -0.4 is 16.6 Å². The predicted molar refractivity (Wildman–Crippen MR) is 89.4 cm³/mol. The van der Waals surface area contributed by atoms with Crippen LogP contribution in [0.3, 0.4) is 0 Å². The maximum atomic E-state index is 5.57. The Morgan fingerprint density at radius 1 is 1.14 bits per heavy atom. The van der Waals surface area contributed by atoms with Crippen molar-refractivity contribution in [2.24, 2.45) is 11.8 Å². The lowest BCUT2D eigenvalue weighted by Gasteiger charge is -2.26. The monoisotopic (exact) mass is 294 g/mol. The average molecular weight is 294 g/mol. The third-order valence-electron chi connectivity index (χ3n) is 3.28. The highest BCUT2D eigenvalue weighted by molar-refractivity contribution is 5.58. The van der Waals surface area contributed by atoms with Crippen molar-refractivity contribution in [3.63, 3.8) is 0 Å². The van der Waals surface area contributed by atoms with Crippen molar-refractivity contribution in [1.82, 2.24) is 14.9 Å². The van der Waals surface area contributed by atoms with E-state index in [0.717, 1.165) is 24.3 Å². The highest BCUT2D eigenvalue weighted by Crippen LogP contribution is 2.28. The van der Waals surface area contributed by atoms with Gasteiger partial charge in [0.2, 0.25) is 0 Å². The molecule has 4 N–H and O–H groups in total. The van der Waals surface area contributed by atoms with E-state index in [1.165, 1.54) is 0 Å². The smallest absolute Gasteiger partial charge is 0.148 e. The number of aromatic nitrogens is 2. The van der Waals surface area contributed by atoms with E-state index in [1.54, 1.807) is 6.33 Å². The maximum absolute atomic E-state index is 5.57. The summed E-state index contributed by atoms with van der Waals surface area (Å²) in [4.78, 5) is 10.8. The maximum Gasteiger partial charge on any atom is 0.148 e. The Morgan fingerprint density at radius 3 is 2.24 bits per heavy atom. The third kappa shape index (κ3) is 5.47. The summed E-state index contributed by atoms with van der Waals surface area (Å²) in [6.45, 7) is 9.68. The molecule has 1 rings (SSSR count). The number of anilines is 2. The molecule has 6 heteroatoms. The zero-order chi connectivity index (χ0) is 16.0. The van der Waals surface area contributed by atoms with Gasteiger partial charge in [-0.3, -0.25) is 0 Å². The molecular formula is C15H30N6. The Morgan fingerprint density at radius 2 is 1.76 bits per heavy atom. The van der Waals surface area contributed by atoms with Crippen molar-refractivity contribution in [3.05, 3.63) is 11.9 Å². The van der Waals surface area contributed by atoms with Crippen molar-refractivity contribution < 1.29 is 0 Å². The minimum atomic E-state index is 0.291. The van der Waals surface area contributed by atoms with Crippen molar-refractivity contribution in [2.75, 3.05) is 31.4 Å². The van der Waals surface area contributed by atoms with Gasteiger partial charge in [-0.05, 0) is 32.4 Å². The van der Waals surface area contributed by atoms with Crippen LogP contribution in [-0.2, 0) is 0 Å². The quantitative estimate of drug-likeness (QED) is 0.504. The molecule has 120 valence electrons. The second-order valence-electron chi connectivity index (χ2n) is 6.52. The molecule has 6 nitrogen and oxygen atoms in total. The summed E-state index contributed by atoms with van der Waals surface area (Å²) in [5.74, 6) is 8.05. The summed E-state index contributed by atoms with van der Waals surface area (Å²) >= 11 is 0. The lowest BCUT2D eigenvalue weighted by atomic mass is 10.0. The molecule has 0 saturated carbocycles. The van der Waals surface area contributed by atoms with Crippen LogP contribution >= 0.6 is 0 Å². The van der Waals surface area contributed by atoms with E-state index >= 15 is 0 Å². The van der Waals surface area contributed by atoms with E-state index in [2.05, 4.69) is 67.4 Å². The first-order chi connectivity index (χ1) is 9.85. The molecule has 1 aromatic rings. The first-order valence-corrected chi connectivity index (χ1v) is 7.57. The van der Waals surface area contributed by atoms with E-state index in [1.807, 2.05) is 0 Å². The van der Waals surface area contributed by atoms with Crippen LogP contribution in [0.1, 0.15) is 45.6 Å². The molecule has 21 heavy (non-hydrogen) atoms. The van der Waals surface area contributed by atoms with Gasteiger partial charge in [0, 0.05) is 18.2 Å². The molecule has 0 bridgehead atoms. The van der Waals surface area contributed by atoms with Gasteiger partial charge in [0.25, 0.3) is 0 Å². The number of nitrogens with two attached hydrogens (primary N) is 1. The SMILES string of the molecule is CC(C)CC(CN(C)C)Nc1ncnc(NN)c1C(C)C. The molecule has 0 amide bonds. The van der Waals surface area contributed by atoms with Gasteiger partial charge in [-0.15, -0.1) is 0 Å². The Kier molecular flexibility index (Phi) is 6.84. The van der Waals surface area contributed by atoms with Gasteiger partial charge in [-0.2, -0.15) is 0 Å². The number of hydrogen-bond acceptors (Lipinski definition) is 6. The second-order valence-corrected chi connectivity index (χ2v) is 6.52. The average Bonchev–Trinajstić information content (AvgIpc) is 2.36. The zero-order valence-corrected chi connectivity index (χ0v) is 14.1. The fourth-order valence-corrected chi connectivity index (χ4v) is 2.55. The molecule has 0 aromatic carbocycles. The first-order valence-electron chi connectivity index (χ1n) is 7.57. The van der Waals surface area contributed by atoms with Gasteiger partial charge in [0.1, 0.15) is 18.0 Å².